The summed E-state index contributed by atoms with van der Waals surface area (Å²) in [4.78, 5) is 12.4. The van der Waals surface area contributed by atoms with Crippen LogP contribution in [0, 0.1) is 0 Å². The molecular weight excluding hydrogens is 368 g/mol. The minimum absolute atomic E-state index is 0.130. The average molecular weight is 399 g/mol. The minimum Gasteiger partial charge on any atom is -0.491 e. The van der Waals surface area contributed by atoms with E-state index in [1.54, 1.807) is 0 Å². The minimum atomic E-state index is -0.147. The molecule has 1 saturated heterocycles. The van der Waals surface area contributed by atoms with Gasteiger partial charge >= 0.3 is 0 Å². The van der Waals surface area contributed by atoms with Gasteiger partial charge in [-0.15, -0.1) is 0 Å². The third kappa shape index (κ3) is 6.68. The molecule has 1 amide bonds. The van der Waals surface area contributed by atoms with Crippen LogP contribution in [0.3, 0.4) is 0 Å². The third-order valence-corrected chi connectivity index (χ3v) is 4.81. The Hall–Kier alpha value is -2.73. The largest absolute Gasteiger partial charge is 0.491 e. The second-order valence-corrected chi connectivity index (χ2v) is 7.21. The van der Waals surface area contributed by atoms with Gasteiger partial charge in [-0.05, 0) is 50.5 Å². The molecule has 2 aromatic carbocycles. The van der Waals surface area contributed by atoms with E-state index in [1.807, 2.05) is 55.5 Å². The zero-order valence-electron chi connectivity index (χ0n) is 17.1. The van der Waals surface area contributed by atoms with E-state index in [0.717, 1.165) is 37.3 Å². The van der Waals surface area contributed by atoms with Crippen LogP contribution in [0.1, 0.15) is 33.1 Å². The SMILES string of the molecule is CCC(C)Oc1cccc(NCC(=O)Nc2ccccc2OCC2CCCO2)c1. The predicted octanol–water partition coefficient (Wildman–Crippen LogP) is 4.47. The van der Waals surface area contributed by atoms with Crippen LogP contribution in [0.5, 0.6) is 11.5 Å². The van der Waals surface area contributed by atoms with Gasteiger partial charge in [0.1, 0.15) is 18.1 Å². The van der Waals surface area contributed by atoms with Gasteiger partial charge in [0.05, 0.1) is 24.4 Å². The quantitative estimate of drug-likeness (QED) is 0.618. The Bertz CT molecular complexity index is 790. The number of carbonyl (C=O) groups excluding carboxylic acids is 1. The Balaban J connectivity index is 1.51. The summed E-state index contributed by atoms with van der Waals surface area (Å²) in [5.74, 6) is 1.30. The summed E-state index contributed by atoms with van der Waals surface area (Å²) >= 11 is 0. The average Bonchev–Trinajstić information content (AvgIpc) is 3.25. The van der Waals surface area contributed by atoms with Crippen LogP contribution in [0.4, 0.5) is 11.4 Å². The molecule has 0 saturated carbocycles. The van der Waals surface area contributed by atoms with Gasteiger partial charge in [0.2, 0.25) is 5.91 Å². The summed E-state index contributed by atoms with van der Waals surface area (Å²) in [6.07, 6.45) is 3.30. The second kappa shape index (κ2) is 10.7. The van der Waals surface area contributed by atoms with Gasteiger partial charge in [0.15, 0.2) is 0 Å². The van der Waals surface area contributed by atoms with E-state index in [2.05, 4.69) is 17.6 Å². The van der Waals surface area contributed by atoms with Crippen LogP contribution in [0.15, 0.2) is 48.5 Å². The van der Waals surface area contributed by atoms with Crippen molar-refractivity contribution >= 4 is 17.3 Å². The van der Waals surface area contributed by atoms with Crippen LogP contribution >= 0.6 is 0 Å². The highest BCUT2D eigenvalue weighted by molar-refractivity contribution is 5.95. The molecule has 6 heteroatoms. The molecule has 0 bridgehead atoms. The normalized spacial score (nSPS) is 16.8. The monoisotopic (exact) mass is 398 g/mol. The van der Waals surface area contributed by atoms with E-state index >= 15 is 0 Å². The van der Waals surface area contributed by atoms with Gasteiger partial charge < -0.3 is 24.8 Å². The Labute approximate surface area is 172 Å². The number of para-hydroxylation sites is 2. The smallest absolute Gasteiger partial charge is 0.243 e. The first-order chi connectivity index (χ1) is 14.1. The van der Waals surface area contributed by atoms with E-state index < -0.39 is 0 Å². The van der Waals surface area contributed by atoms with E-state index in [4.69, 9.17) is 14.2 Å². The Morgan fingerprint density at radius 2 is 2.10 bits per heavy atom. The molecule has 6 nitrogen and oxygen atoms in total. The molecule has 2 aromatic rings. The number of benzene rings is 2. The van der Waals surface area contributed by atoms with Crippen molar-refractivity contribution in [3.05, 3.63) is 48.5 Å². The number of anilines is 2. The number of rotatable bonds is 10. The molecule has 1 aliphatic heterocycles. The van der Waals surface area contributed by atoms with Gasteiger partial charge in [0.25, 0.3) is 0 Å². The number of ether oxygens (including phenoxy) is 3. The number of amides is 1. The van der Waals surface area contributed by atoms with Crippen molar-refractivity contribution in [1.29, 1.82) is 0 Å². The number of hydrogen-bond donors (Lipinski definition) is 2. The number of hydrogen-bond acceptors (Lipinski definition) is 5. The van der Waals surface area contributed by atoms with Crippen molar-refractivity contribution in [2.24, 2.45) is 0 Å². The fraction of sp³-hybridized carbons (Fsp3) is 0.435. The molecule has 156 valence electrons. The van der Waals surface area contributed by atoms with Gasteiger partial charge in [-0.2, -0.15) is 0 Å². The lowest BCUT2D eigenvalue weighted by atomic mass is 10.2. The highest BCUT2D eigenvalue weighted by Crippen LogP contribution is 2.25. The summed E-state index contributed by atoms with van der Waals surface area (Å²) in [6, 6.07) is 15.1. The predicted molar refractivity (Wildman–Crippen MR) is 115 cm³/mol. The summed E-state index contributed by atoms with van der Waals surface area (Å²) in [5.41, 5.74) is 1.50. The first-order valence-electron chi connectivity index (χ1n) is 10.3. The van der Waals surface area contributed by atoms with Crippen molar-refractivity contribution in [1.82, 2.24) is 0 Å². The molecule has 29 heavy (non-hydrogen) atoms. The Morgan fingerprint density at radius 1 is 1.24 bits per heavy atom. The van der Waals surface area contributed by atoms with Gasteiger partial charge in [0, 0.05) is 18.4 Å². The molecule has 1 fully saturated rings. The Kier molecular flexibility index (Phi) is 7.76. The maximum atomic E-state index is 12.4. The van der Waals surface area contributed by atoms with Crippen LogP contribution in [-0.2, 0) is 9.53 Å². The molecule has 0 spiro atoms. The Morgan fingerprint density at radius 3 is 2.90 bits per heavy atom. The highest BCUT2D eigenvalue weighted by Gasteiger charge is 2.17. The number of carbonyl (C=O) groups is 1. The molecule has 0 aliphatic carbocycles. The summed E-state index contributed by atoms with van der Waals surface area (Å²) in [6.45, 7) is 5.55. The van der Waals surface area contributed by atoms with Crippen LogP contribution in [-0.4, -0.2) is 37.9 Å². The molecule has 2 atom stereocenters. The van der Waals surface area contributed by atoms with E-state index in [1.165, 1.54) is 0 Å². The molecule has 0 aromatic heterocycles. The fourth-order valence-electron chi connectivity index (χ4n) is 3.03. The molecular formula is C23H30N2O4. The molecule has 1 heterocycles. The van der Waals surface area contributed by atoms with Crippen molar-refractivity contribution < 1.29 is 19.0 Å². The van der Waals surface area contributed by atoms with Gasteiger partial charge in [-0.25, -0.2) is 0 Å². The number of nitrogens with one attached hydrogen (secondary N) is 2. The molecule has 3 rings (SSSR count). The lowest BCUT2D eigenvalue weighted by Gasteiger charge is -2.16. The van der Waals surface area contributed by atoms with E-state index in [-0.39, 0.29) is 24.7 Å². The molecule has 2 N–H and O–H groups in total. The lowest BCUT2D eigenvalue weighted by molar-refractivity contribution is -0.114. The molecule has 2 unspecified atom stereocenters. The summed E-state index contributed by atoms with van der Waals surface area (Å²) in [7, 11) is 0. The van der Waals surface area contributed by atoms with Crippen molar-refractivity contribution in [3.63, 3.8) is 0 Å². The van der Waals surface area contributed by atoms with Crippen LogP contribution in [0.2, 0.25) is 0 Å². The summed E-state index contributed by atoms with van der Waals surface area (Å²) in [5, 5.41) is 6.05. The summed E-state index contributed by atoms with van der Waals surface area (Å²) < 4.78 is 17.3. The maximum absolute atomic E-state index is 12.4. The highest BCUT2D eigenvalue weighted by atomic mass is 16.5. The van der Waals surface area contributed by atoms with Gasteiger partial charge in [-0.1, -0.05) is 25.1 Å². The molecule has 1 aliphatic rings. The molecule has 0 radical (unpaired) electrons. The first kappa shape index (κ1) is 21.0. The topological polar surface area (TPSA) is 68.8 Å². The zero-order valence-corrected chi connectivity index (χ0v) is 17.1. The first-order valence-corrected chi connectivity index (χ1v) is 10.3. The second-order valence-electron chi connectivity index (χ2n) is 7.21. The van der Waals surface area contributed by atoms with Crippen LogP contribution in [0.25, 0.3) is 0 Å². The van der Waals surface area contributed by atoms with Gasteiger partial charge in [-0.3, -0.25) is 4.79 Å². The lowest BCUT2D eigenvalue weighted by Crippen LogP contribution is -2.23. The third-order valence-electron chi connectivity index (χ3n) is 4.81. The van der Waals surface area contributed by atoms with Crippen LogP contribution < -0.4 is 20.1 Å². The van der Waals surface area contributed by atoms with E-state index in [9.17, 15) is 4.79 Å². The maximum Gasteiger partial charge on any atom is 0.243 e. The zero-order chi connectivity index (χ0) is 20.5. The standard InChI is InChI=1S/C23H30N2O4/c1-3-17(2)29-19-9-6-8-18(14-19)24-15-23(26)25-21-11-4-5-12-22(21)28-16-20-10-7-13-27-20/h4-6,8-9,11-12,14,17,20,24H,3,7,10,13,15-16H2,1-2H3,(H,25,26). The van der Waals surface area contributed by atoms with E-state index in [0.29, 0.717) is 18.0 Å². The van der Waals surface area contributed by atoms with Crippen molar-refractivity contribution in [2.75, 3.05) is 30.4 Å². The fourth-order valence-corrected chi connectivity index (χ4v) is 3.03. The van der Waals surface area contributed by atoms with Crippen molar-refractivity contribution in [3.8, 4) is 11.5 Å². The van der Waals surface area contributed by atoms with Crippen molar-refractivity contribution in [2.45, 2.75) is 45.3 Å².